The van der Waals surface area contributed by atoms with Crippen molar-refractivity contribution in [2.75, 3.05) is 17.4 Å². The van der Waals surface area contributed by atoms with Gasteiger partial charge in [-0.2, -0.15) is 11.8 Å². The van der Waals surface area contributed by atoms with E-state index in [1.807, 2.05) is 13.2 Å². The Hall–Kier alpha value is -0.980. The van der Waals surface area contributed by atoms with E-state index in [1.54, 1.807) is 17.8 Å². The summed E-state index contributed by atoms with van der Waals surface area (Å²) in [5.74, 6) is 6.45. The lowest BCUT2D eigenvalue weighted by atomic mass is 10.2. The fourth-order valence-corrected chi connectivity index (χ4v) is 2.17. The minimum absolute atomic E-state index is 0.117. The van der Waals surface area contributed by atoms with Crippen molar-refractivity contribution < 1.29 is 4.79 Å². The first-order chi connectivity index (χ1) is 8.56. The van der Waals surface area contributed by atoms with E-state index in [0.717, 1.165) is 12.2 Å². The second-order valence-corrected chi connectivity index (χ2v) is 5.24. The van der Waals surface area contributed by atoms with Crippen LogP contribution in [0.1, 0.15) is 23.7 Å². The molecule has 1 amide bonds. The topological polar surface area (TPSA) is 80.0 Å². The average Bonchev–Trinajstić information content (AvgIpc) is 2.35. The Balaban J connectivity index is 2.68. The van der Waals surface area contributed by atoms with Gasteiger partial charge in [0.05, 0.1) is 0 Å². The normalized spacial score (nSPS) is 12.0. The molecule has 0 aliphatic heterocycles. The zero-order valence-electron chi connectivity index (χ0n) is 10.4. The molecule has 0 aromatic carbocycles. The molecular weight excluding hydrogens is 272 g/mol. The van der Waals surface area contributed by atoms with E-state index in [9.17, 15) is 4.79 Å². The Morgan fingerprint density at radius 2 is 2.33 bits per heavy atom. The molecule has 0 spiro atoms. The number of thioether (sulfide) groups is 1. The number of anilines is 1. The minimum Gasteiger partial charge on any atom is -0.350 e. The number of nitrogen functional groups attached to an aromatic ring is 1. The maximum absolute atomic E-state index is 12.0. The van der Waals surface area contributed by atoms with E-state index in [1.165, 1.54) is 6.07 Å². The van der Waals surface area contributed by atoms with Gasteiger partial charge in [-0.15, -0.1) is 0 Å². The second kappa shape index (κ2) is 7.45. The van der Waals surface area contributed by atoms with E-state index >= 15 is 0 Å². The van der Waals surface area contributed by atoms with Gasteiger partial charge >= 0.3 is 0 Å². The number of nitrogens with zero attached hydrogens (tertiary/aromatic N) is 1. The number of aromatic nitrogens is 1. The predicted molar refractivity (Wildman–Crippen MR) is 77.0 cm³/mol. The second-order valence-electron chi connectivity index (χ2n) is 3.86. The van der Waals surface area contributed by atoms with Gasteiger partial charge in [-0.3, -0.25) is 4.79 Å². The van der Waals surface area contributed by atoms with Crippen LogP contribution in [-0.2, 0) is 0 Å². The lowest BCUT2D eigenvalue weighted by molar-refractivity contribution is 0.0939. The summed E-state index contributed by atoms with van der Waals surface area (Å²) in [4.78, 5) is 15.9. The van der Waals surface area contributed by atoms with Gasteiger partial charge in [0.1, 0.15) is 11.0 Å². The first-order valence-corrected chi connectivity index (χ1v) is 7.28. The highest BCUT2D eigenvalue weighted by atomic mass is 35.5. The van der Waals surface area contributed by atoms with Crippen molar-refractivity contribution in [3.05, 3.63) is 22.8 Å². The molecule has 100 valence electrons. The fraction of sp³-hybridized carbons (Fsp3) is 0.455. The third kappa shape index (κ3) is 4.72. The van der Waals surface area contributed by atoms with E-state index in [4.69, 9.17) is 17.4 Å². The zero-order valence-corrected chi connectivity index (χ0v) is 11.9. The maximum Gasteiger partial charge on any atom is 0.251 e. The lowest BCUT2D eigenvalue weighted by Crippen LogP contribution is -2.33. The van der Waals surface area contributed by atoms with Crippen molar-refractivity contribution in [1.29, 1.82) is 0 Å². The summed E-state index contributed by atoms with van der Waals surface area (Å²) in [5.41, 5.74) is 2.82. The van der Waals surface area contributed by atoms with Crippen LogP contribution in [0, 0.1) is 0 Å². The number of amides is 1. The molecule has 18 heavy (non-hydrogen) atoms. The first-order valence-electron chi connectivity index (χ1n) is 5.50. The van der Waals surface area contributed by atoms with E-state index < -0.39 is 0 Å². The fourth-order valence-electron chi connectivity index (χ4n) is 1.38. The van der Waals surface area contributed by atoms with Crippen molar-refractivity contribution in [3.63, 3.8) is 0 Å². The minimum atomic E-state index is -0.176. The van der Waals surface area contributed by atoms with Gasteiger partial charge in [0.25, 0.3) is 5.91 Å². The molecule has 5 nitrogen and oxygen atoms in total. The van der Waals surface area contributed by atoms with Gasteiger partial charge in [-0.1, -0.05) is 11.6 Å². The molecule has 0 saturated carbocycles. The number of nitrogens with two attached hydrogens (primary N) is 1. The van der Waals surface area contributed by atoms with Crippen LogP contribution in [-0.4, -0.2) is 28.9 Å². The number of nitrogens with one attached hydrogen (secondary N) is 2. The number of carbonyl (C=O) groups excluding carboxylic acids is 1. The van der Waals surface area contributed by atoms with E-state index in [-0.39, 0.29) is 17.1 Å². The van der Waals surface area contributed by atoms with Gasteiger partial charge in [0.15, 0.2) is 0 Å². The highest BCUT2D eigenvalue weighted by Gasteiger charge is 2.11. The maximum atomic E-state index is 12.0. The smallest absolute Gasteiger partial charge is 0.251 e. The molecule has 7 heteroatoms. The Morgan fingerprint density at radius 1 is 1.61 bits per heavy atom. The van der Waals surface area contributed by atoms with Crippen LogP contribution in [0.2, 0.25) is 5.15 Å². The number of hydrogen-bond donors (Lipinski definition) is 3. The van der Waals surface area contributed by atoms with Gasteiger partial charge in [0, 0.05) is 11.6 Å². The van der Waals surface area contributed by atoms with Crippen LogP contribution in [0.15, 0.2) is 12.1 Å². The summed E-state index contributed by atoms with van der Waals surface area (Å²) in [6.45, 7) is 1.97. The number of hydrazine groups is 1. The van der Waals surface area contributed by atoms with Crippen LogP contribution >= 0.6 is 23.4 Å². The molecule has 1 atom stereocenters. The molecule has 0 bridgehead atoms. The zero-order chi connectivity index (χ0) is 13.5. The molecule has 1 heterocycles. The van der Waals surface area contributed by atoms with Crippen LogP contribution in [0.4, 0.5) is 5.82 Å². The SMILES string of the molecule is CSCCC(C)NC(=O)c1cc(Cl)nc(NN)c1. The Bertz CT molecular complexity index is 416. The molecule has 0 saturated heterocycles. The van der Waals surface area contributed by atoms with Crippen LogP contribution in [0.5, 0.6) is 0 Å². The van der Waals surface area contributed by atoms with Crippen molar-refractivity contribution >= 4 is 35.1 Å². The largest absolute Gasteiger partial charge is 0.350 e. The molecule has 1 unspecified atom stereocenters. The number of halogens is 1. The molecule has 1 aromatic heterocycles. The van der Waals surface area contributed by atoms with Gasteiger partial charge in [-0.25, -0.2) is 10.8 Å². The Kier molecular flexibility index (Phi) is 6.24. The van der Waals surface area contributed by atoms with Gasteiger partial charge in [0.2, 0.25) is 0 Å². The highest BCUT2D eigenvalue weighted by molar-refractivity contribution is 7.98. The third-order valence-electron chi connectivity index (χ3n) is 2.34. The predicted octanol–water partition coefficient (Wildman–Crippen LogP) is 1.89. The highest BCUT2D eigenvalue weighted by Crippen LogP contribution is 2.14. The number of rotatable bonds is 6. The van der Waals surface area contributed by atoms with Crippen molar-refractivity contribution in [2.24, 2.45) is 5.84 Å². The number of pyridine rings is 1. The number of hydrogen-bond acceptors (Lipinski definition) is 5. The number of carbonyl (C=O) groups is 1. The van der Waals surface area contributed by atoms with Crippen molar-refractivity contribution in [2.45, 2.75) is 19.4 Å². The summed E-state index contributed by atoms with van der Waals surface area (Å²) in [7, 11) is 0. The summed E-state index contributed by atoms with van der Waals surface area (Å²) in [6, 6.07) is 3.19. The Morgan fingerprint density at radius 3 is 2.94 bits per heavy atom. The molecule has 0 radical (unpaired) electrons. The molecule has 0 fully saturated rings. The van der Waals surface area contributed by atoms with E-state index in [2.05, 4.69) is 15.7 Å². The summed E-state index contributed by atoms with van der Waals surface area (Å²) in [5, 5.41) is 3.13. The quantitative estimate of drug-likeness (QED) is 0.423. The monoisotopic (exact) mass is 288 g/mol. The summed E-state index contributed by atoms with van der Waals surface area (Å²) >= 11 is 7.56. The molecular formula is C11H17ClN4OS. The van der Waals surface area contributed by atoms with Gasteiger partial charge in [-0.05, 0) is 37.5 Å². The van der Waals surface area contributed by atoms with Crippen LogP contribution in [0.3, 0.4) is 0 Å². The molecule has 1 rings (SSSR count). The van der Waals surface area contributed by atoms with Gasteiger partial charge < -0.3 is 10.7 Å². The molecule has 0 aliphatic rings. The Labute approximate surface area is 116 Å². The molecule has 1 aromatic rings. The van der Waals surface area contributed by atoms with Crippen LogP contribution in [0.25, 0.3) is 0 Å². The lowest BCUT2D eigenvalue weighted by Gasteiger charge is -2.13. The van der Waals surface area contributed by atoms with Crippen molar-refractivity contribution in [1.82, 2.24) is 10.3 Å². The first kappa shape index (κ1) is 15.1. The van der Waals surface area contributed by atoms with Crippen LogP contribution < -0.4 is 16.6 Å². The molecule has 0 aliphatic carbocycles. The standard InChI is InChI=1S/C11H17ClN4OS/c1-7(3-4-18-2)14-11(17)8-5-9(12)15-10(6-8)16-13/h5-7H,3-4,13H2,1-2H3,(H,14,17)(H,15,16). The average molecular weight is 289 g/mol. The summed E-state index contributed by atoms with van der Waals surface area (Å²) < 4.78 is 0. The summed E-state index contributed by atoms with van der Waals surface area (Å²) in [6.07, 6.45) is 2.96. The van der Waals surface area contributed by atoms with E-state index in [0.29, 0.717) is 11.4 Å². The van der Waals surface area contributed by atoms with Crippen molar-refractivity contribution in [3.8, 4) is 0 Å². The third-order valence-corrected chi connectivity index (χ3v) is 3.17. The molecule has 4 N–H and O–H groups in total.